The lowest BCUT2D eigenvalue weighted by molar-refractivity contribution is -0.142. The molecule has 0 bridgehead atoms. The number of esters is 2. The molecule has 1 fully saturated rings. The quantitative estimate of drug-likeness (QED) is 0.725. The Labute approximate surface area is 181 Å². The van der Waals surface area contributed by atoms with E-state index in [-0.39, 0.29) is 18.5 Å². The first-order valence-corrected chi connectivity index (χ1v) is 10.7. The summed E-state index contributed by atoms with van der Waals surface area (Å²) in [4.78, 5) is 37.9. The van der Waals surface area contributed by atoms with E-state index >= 15 is 0 Å². The van der Waals surface area contributed by atoms with Gasteiger partial charge in [0.15, 0.2) is 5.78 Å². The molecule has 1 aromatic rings. The second-order valence-corrected chi connectivity index (χ2v) is 8.11. The average Bonchev–Trinajstić information content (AvgIpc) is 3.30. The van der Waals surface area contributed by atoms with E-state index in [1.54, 1.807) is 24.3 Å². The van der Waals surface area contributed by atoms with Crippen LogP contribution < -0.4 is 5.32 Å². The van der Waals surface area contributed by atoms with E-state index in [0.29, 0.717) is 35.4 Å². The van der Waals surface area contributed by atoms with Crippen LogP contribution in [0.15, 0.2) is 46.8 Å². The number of benzene rings is 1. The summed E-state index contributed by atoms with van der Waals surface area (Å²) in [6, 6.07) is 6.85. The van der Waals surface area contributed by atoms with Crippen molar-refractivity contribution in [3.05, 3.63) is 57.9 Å². The number of rotatable bonds is 5. The number of hydrogen-bond donors (Lipinski definition) is 1. The molecule has 0 amide bonds. The van der Waals surface area contributed by atoms with E-state index in [2.05, 4.69) is 5.32 Å². The number of dihydropyridines is 1. The molecule has 1 aromatic carbocycles. The highest BCUT2D eigenvalue weighted by Crippen LogP contribution is 2.42. The van der Waals surface area contributed by atoms with Crippen molar-refractivity contribution in [2.75, 3.05) is 20.3 Å². The van der Waals surface area contributed by atoms with Crippen LogP contribution in [0.2, 0.25) is 0 Å². The van der Waals surface area contributed by atoms with E-state index < -0.39 is 17.9 Å². The van der Waals surface area contributed by atoms with Crippen molar-refractivity contribution < 1.29 is 28.6 Å². The molecule has 31 heavy (non-hydrogen) atoms. The molecule has 0 spiro atoms. The van der Waals surface area contributed by atoms with Gasteiger partial charge in [-0.25, -0.2) is 9.59 Å². The van der Waals surface area contributed by atoms with Crippen molar-refractivity contribution in [1.82, 2.24) is 5.32 Å². The summed E-state index contributed by atoms with van der Waals surface area (Å²) < 4.78 is 15.9. The van der Waals surface area contributed by atoms with Crippen molar-refractivity contribution in [3.8, 4) is 0 Å². The molecule has 7 heteroatoms. The van der Waals surface area contributed by atoms with Crippen molar-refractivity contribution >= 4 is 17.7 Å². The lowest BCUT2D eigenvalue weighted by Gasteiger charge is -2.34. The molecule has 7 nitrogen and oxygen atoms in total. The van der Waals surface area contributed by atoms with Gasteiger partial charge < -0.3 is 19.5 Å². The molecule has 1 aliphatic carbocycles. The Balaban J connectivity index is 1.68. The van der Waals surface area contributed by atoms with Crippen LogP contribution in [0.3, 0.4) is 0 Å². The molecule has 1 saturated heterocycles. The van der Waals surface area contributed by atoms with Gasteiger partial charge in [0.05, 0.1) is 24.4 Å². The minimum Gasteiger partial charge on any atom is -0.465 e. The molecule has 2 aliphatic heterocycles. The summed E-state index contributed by atoms with van der Waals surface area (Å²) in [7, 11) is 1.33. The molecule has 0 radical (unpaired) electrons. The highest BCUT2D eigenvalue weighted by atomic mass is 16.6. The van der Waals surface area contributed by atoms with Gasteiger partial charge in [-0.05, 0) is 50.3 Å². The van der Waals surface area contributed by atoms with E-state index in [4.69, 9.17) is 14.2 Å². The van der Waals surface area contributed by atoms with Crippen LogP contribution in [0.4, 0.5) is 0 Å². The summed E-state index contributed by atoms with van der Waals surface area (Å²) in [5.41, 5.74) is 3.77. The molecule has 164 valence electrons. The fourth-order valence-electron chi connectivity index (χ4n) is 4.54. The topological polar surface area (TPSA) is 90.9 Å². The number of allylic oxidation sites excluding steroid dienone is 3. The SMILES string of the molecule is COC(=O)c1ccc([C@H]2C(C(=O)OC[C@H]3CCCO3)=C(C)NC3=C2C(=O)CCC3)cc1. The number of nitrogens with one attached hydrogen (secondary N) is 1. The van der Waals surface area contributed by atoms with Crippen LogP contribution in [0.1, 0.15) is 60.9 Å². The number of methoxy groups -OCH3 is 1. The lowest BCUT2D eigenvalue weighted by atomic mass is 9.75. The molecule has 1 N–H and O–H groups in total. The maximum Gasteiger partial charge on any atom is 0.337 e. The average molecular weight is 425 g/mol. The molecule has 2 heterocycles. The van der Waals surface area contributed by atoms with Gasteiger partial charge in [-0.15, -0.1) is 0 Å². The van der Waals surface area contributed by atoms with Gasteiger partial charge in [0, 0.05) is 35.9 Å². The highest BCUT2D eigenvalue weighted by molar-refractivity contribution is 6.03. The number of carbonyl (C=O) groups excluding carboxylic acids is 3. The number of hydrogen-bond acceptors (Lipinski definition) is 7. The Morgan fingerprint density at radius 1 is 1.13 bits per heavy atom. The molecule has 0 saturated carbocycles. The second-order valence-electron chi connectivity index (χ2n) is 8.11. The van der Waals surface area contributed by atoms with Crippen LogP contribution in [0, 0.1) is 0 Å². The Hall–Kier alpha value is -2.93. The van der Waals surface area contributed by atoms with E-state index in [1.165, 1.54) is 7.11 Å². The van der Waals surface area contributed by atoms with Crippen LogP contribution in [0.5, 0.6) is 0 Å². The normalized spacial score (nSPS) is 23.4. The van der Waals surface area contributed by atoms with Crippen LogP contribution in [-0.4, -0.2) is 44.1 Å². The predicted molar refractivity (Wildman–Crippen MR) is 112 cm³/mol. The van der Waals surface area contributed by atoms with Gasteiger partial charge in [-0.2, -0.15) is 0 Å². The van der Waals surface area contributed by atoms with Gasteiger partial charge in [-0.1, -0.05) is 12.1 Å². The summed E-state index contributed by atoms with van der Waals surface area (Å²) in [5, 5.41) is 3.28. The largest absolute Gasteiger partial charge is 0.465 e. The van der Waals surface area contributed by atoms with E-state index in [1.807, 2.05) is 6.92 Å². The number of ether oxygens (including phenoxy) is 3. The van der Waals surface area contributed by atoms with Gasteiger partial charge in [0.25, 0.3) is 0 Å². The lowest BCUT2D eigenvalue weighted by Crippen LogP contribution is -2.35. The fraction of sp³-hybridized carbons (Fsp3) is 0.458. The number of Topliss-reactive ketones (excluding diaryl/α,β-unsaturated/α-hetero) is 1. The zero-order valence-corrected chi connectivity index (χ0v) is 17.9. The zero-order valence-electron chi connectivity index (χ0n) is 17.9. The molecular weight excluding hydrogens is 398 g/mol. The molecule has 4 rings (SSSR count). The zero-order chi connectivity index (χ0) is 22.0. The Morgan fingerprint density at radius 2 is 1.90 bits per heavy atom. The maximum atomic E-state index is 13.2. The molecule has 0 aromatic heterocycles. The van der Waals surface area contributed by atoms with Gasteiger partial charge in [0.1, 0.15) is 6.61 Å². The van der Waals surface area contributed by atoms with Crippen molar-refractivity contribution in [2.45, 2.75) is 51.0 Å². The van der Waals surface area contributed by atoms with Crippen molar-refractivity contribution in [1.29, 1.82) is 0 Å². The smallest absolute Gasteiger partial charge is 0.337 e. The standard InChI is InChI=1S/C24H27NO6/c1-14-20(24(28)31-13-17-5-4-12-30-17)21(22-18(25-14)6-3-7-19(22)26)15-8-10-16(11-9-15)23(27)29-2/h8-11,17,21,25H,3-7,12-13H2,1-2H3/t17-,21+/m1/s1. The maximum absolute atomic E-state index is 13.2. The molecule has 0 unspecified atom stereocenters. The second kappa shape index (κ2) is 9.06. The first kappa shape index (κ1) is 21.3. The van der Waals surface area contributed by atoms with Gasteiger partial charge >= 0.3 is 11.9 Å². The van der Waals surface area contributed by atoms with Crippen LogP contribution >= 0.6 is 0 Å². The Morgan fingerprint density at radius 3 is 2.58 bits per heavy atom. The third-order valence-electron chi connectivity index (χ3n) is 6.09. The van der Waals surface area contributed by atoms with Gasteiger partial charge in [0.2, 0.25) is 0 Å². The molecule has 3 aliphatic rings. The summed E-state index contributed by atoms with van der Waals surface area (Å²) in [6.45, 7) is 2.72. The summed E-state index contributed by atoms with van der Waals surface area (Å²) in [5.74, 6) is -1.39. The first-order valence-electron chi connectivity index (χ1n) is 10.7. The summed E-state index contributed by atoms with van der Waals surface area (Å²) >= 11 is 0. The molecule has 2 atom stereocenters. The first-order chi connectivity index (χ1) is 15.0. The van der Waals surface area contributed by atoms with Crippen molar-refractivity contribution in [3.63, 3.8) is 0 Å². The minimum absolute atomic E-state index is 0.0349. The third kappa shape index (κ3) is 4.28. The monoisotopic (exact) mass is 425 g/mol. The van der Waals surface area contributed by atoms with E-state index in [0.717, 1.165) is 36.9 Å². The summed E-state index contributed by atoms with van der Waals surface area (Å²) in [6.07, 6.45) is 3.75. The van der Waals surface area contributed by atoms with Crippen molar-refractivity contribution in [2.24, 2.45) is 0 Å². The third-order valence-corrected chi connectivity index (χ3v) is 6.09. The predicted octanol–water partition coefficient (Wildman–Crippen LogP) is 3.16. The fourth-order valence-corrected chi connectivity index (χ4v) is 4.54. The number of carbonyl (C=O) groups is 3. The highest BCUT2D eigenvalue weighted by Gasteiger charge is 2.39. The Kier molecular flexibility index (Phi) is 6.23. The van der Waals surface area contributed by atoms with Crippen LogP contribution in [0.25, 0.3) is 0 Å². The minimum atomic E-state index is -0.534. The molecular formula is C24H27NO6. The van der Waals surface area contributed by atoms with Gasteiger partial charge in [-0.3, -0.25) is 4.79 Å². The Bertz CT molecular complexity index is 953. The van der Waals surface area contributed by atoms with Crippen LogP contribution in [-0.2, 0) is 23.8 Å². The number of ketones is 1. The van der Waals surface area contributed by atoms with E-state index in [9.17, 15) is 14.4 Å².